The second-order valence-corrected chi connectivity index (χ2v) is 4.66. The lowest BCUT2D eigenvalue weighted by Crippen LogP contribution is -2.55. The van der Waals surface area contributed by atoms with Crippen LogP contribution in [0.15, 0.2) is 18.6 Å². The van der Waals surface area contributed by atoms with Gasteiger partial charge in [-0.3, -0.25) is 4.79 Å². The van der Waals surface area contributed by atoms with Gasteiger partial charge in [-0.05, 0) is 6.42 Å². The van der Waals surface area contributed by atoms with E-state index in [0.717, 1.165) is 5.65 Å². The molecule has 1 aliphatic rings. The highest BCUT2D eigenvalue weighted by molar-refractivity contribution is 5.87. The Morgan fingerprint density at radius 3 is 3.20 bits per heavy atom. The first kappa shape index (κ1) is 12.7. The van der Waals surface area contributed by atoms with Gasteiger partial charge in [0, 0.05) is 25.5 Å². The topological polar surface area (TPSA) is 101 Å². The highest BCUT2D eigenvalue weighted by Gasteiger charge is 2.30. The minimum atomic E-state index is -0.232. The highest BCUT2D eigenvalue weighted by Crippen LogP contribution is 2.24. The molecule has 1 unspecified atom stereocenters. The van der Waals surface area contributed by atoms with Crippen molar-refractivity contribution in [2.24, 2.45) is 5.84 Å². The molecule has 3 rings (SSSR count). The Bertz CT molecular complexity index is 638. The molecule has 0 aromatic carbocycles. The van der Waals surface area contributed by atoms with Gasteiger partial charge in [0.1, 0.15) is 6.04 Å². The van der Waals surface area contributed by atoms with Crippen molar-refractivity contribution in [3.8, 4) is 0 Å². The summed E-state index contributed by atoms with van der Waals surface area (Å²) in [6, 6.07) is -0.232. The summed E-state index contributed by atoms with van der Waals surface area (Å²) in [6.45, 7) is 3.29. The minimum absolute atomic E-state index is 0.0244. The zero-order chi connectivity index (χ0) is 14.1. The smallest absolute Gasteiger partial charge is 0.242 e. The number of imidazole rings is 1. The summed E-state index contributed by atoms with van der Waals surface area (Å²) < 4.78 is 1.84. The third kappa shape index (κ3) is 1.94. The molecule has 1 amide bonds. The Kier molecular flexibility index (Phi) is 3.15. The van der Waals surface area contributed by atoms with Gasteiger partial charge in [0.15, 0.2) is 17.3 Å². The molecule has 1 saturated heterocycles. The van der Waals surface area contributed by atoms with Gasteiger partial charge in [-0.1, -0.05) is 6.92 Å². The van der Waals surface area contributed by atoms with E-state index < -0.39 is 0 Å². The van der Waals surface area contributed by atoms with Crippen LogP contribution in [-0.2, 0) is 4.79 Å². The summed E-state index contributed by atoms with van der Waals surface area (Å²) in [6.07, 6.45) is 6.00. The maximum Gasteiger partial charge on any atom is 0.242 e. The summed E-state index contributed by atoms with van der Waals surface area (Å²) in [5.41, 5.74) is 3.27. The molecule has 1 aliphatic heterocycles. The molecule has 106 valence electrons. The zero-order valence-electron chi connectivity index (χ0n) is 11.2. The first-order valence-corrected chi connectivity index (χ1v) is 6.59. The predicted octanol–water partition coefficient (Wildman–Crippen LogP) is -0.270. The molecule has 1 atom stereocenters. The molecule has 3 heterocycles. The van der Waals surface area contributed by atoms with Crippen molar-refractivity contribution in [1.29, 1.82) is 0 Å². The summed E-state index contributed by atoms with van der Waals surface area (Å²) in [7, 11) is 0. The molecule has 0 spiro atoms. The molecule has 8 nitrogen and oxygen atoms in total. The molecule has 2 aromatic rings. The van der Waals surface area contributed by atoms with Crippen LogP contribution in [0.3, 0.4) is 0 Å². The molecular formula is C12H17N7O. The third-order valence-corrected chi connectivity index (χ3v) is 3.49. The summed E-state index contributed by atoms with van der Waals surface area (Å²) >= 11 is 0. The van der Waals surface area contributed by atoms with Crippen molar-refractivity contribution < 1.29 is 4.79 Å². The van der Waals surface area contributed by atoms with E-state index in [9.17, 15) is 4.79 Å². The van der Waals surface area contributed by atoms with E-state index >= 15 is 0 Å². The molecule has 4 N–H and O–H groups in total. The van der Waals surface area contributed by atoms with Gasteiger partial charge in [-0.2, -0.15) is 0 Å². The molecule has 0 radical (unpaired) electrons. The van der Waals surface area contributed by atoms with E-state index in [1.54, 1.807) is 12.4 Å². The number of fused-ring (bicyclic) bond motifs is 1. The van der Waals surface area contributed by atoms with Crippen LogP contribution in [0.4, 0.5) is 11.6 Å². The van der Waals surface area contributed by atoms with Crippen molar-refractivity contribution in [3.63, 3.8) is 0 Å². The number of amides is 1. The van der Waals surface area contributed by atoms with Gasteiger partial charge in [-0.15, -0.1) is 0 Å². The number of carbonyl (C=O) groups excluding carboxylic acids is 1. The number of anilines is 2. The molecule has 8 heteroatoms. The van der Waals surface area contributed by atoms with Crippen LogP contribution in [0.2, 0.25) is 0 Å². The molecule has 0 aliphatic carbocycles. The Labute approximate surface area is 116 Å². The summed E-state index contributed by atoms with van der Waals surface area (Å²) in [5.74, 6) is 6.69. The van der Waals surface area contributed by atoms with Gasteiger partial charge in [0.25, 0.3) is 0 Å². The predicted molar refractivity (Wildman–Crippen MR) is 75.2 cm³/mol. The first-order chi connectivity index (χ1) is 9.74. The van der Waals surface area contributed by atoms with E-state index in [1.807, 2.05) is 22.4 Å². The number of rotatable bonds is 3. The molecular weight excluding hydrogens is 258 g/mol. The number of hydrogen-bond acceptors (Lipinski definition) is 6. The van der Waals surface area contributed by atoms with Crippen LogP contribution >= 0.6 is 0 Å². The van der Waals surface area contributed by atoms with Crippen molar-refractivity contribution >= 4 is 23.2 Å². The van der Waals surface area contributed by atoms with Gasteiger partial charge in [0.2, 0.25) is 5.91 Å². The number of nitrogens with two attached hydrogens (primary N) is 1. The van der Waals surface area contributed by atoms with Gasteiger partial charge >= 0.3 is 0 Å². The SMILES string of the molecule is CCC1C(=O)NCCN1c1nc(NN)cn2ccnc12. The lowest BCUT2D eigenvalue weighted by atomic mass is 10.1. The lowest BCUT2D eigenvalue weighted by molar-refractivity contribution is -0.123. The normalized spacial score (nSPS) is 19.2. The fraction of sp³-hybridized carbons (Fsp3) is 0.417. The molecule has 20 heavy (non-hydrogen) atoms. The van der Waals surface area contributed by atoms with Crippen LogP contribution in [-0.4, -0.2) is 39.4 Å². The largest absolute Gasteiger partial charge is 0.353 e. The van der Waals surface area contributed by atoms with Gasteiger partial charge in [-0.25, -0.2) is 15.8 Å². The maximum absolute atomic E-state index is 12.0. The van der Waals surface area contributed by atoms with Crippen molar-refractivity contribution in [1.82, 2.24) is 19.7 Å². The zero-order valence-corrected chi connectivity index (χ0v) is 11.2. The van der Waals surface area contributed by atoms with E-state index in [-0.39, 0.29) is 11.9 Å². The highest BCUT2D eigenvalue weighted by atomic mass is 16.2. The monoisotopic (exact) mass is 275 g/mol. The fourth-order valence-corrected chi connectivity index (χ4v) is 2.55. The summed E-state index contributed by atoms with van der Waals surface area (Å²) in [5, 5.41) is 2.88. The molecule has 1 fully saturated rings. The number of aromatic nitrogens is 3. The maximum atomic E-state index is 12.0. The fourth-order valence-electron chi connectivity index (χ4n) is 2.55. The van der Waals surface area contributed by atoms with E-state index in [0.29, 0.717) is 31.1 Å². The summed E-state index contributed by atoms with van der Waals surface area (Å²) in [4.78, 5) is 22.8. The Morgan fingerprint density at radius 2 is 2.45 bits per heavy atom. The minimum Gasteiger partial charge on any atom is -0.353 e. The third-order valence-electron chi connectivity index (χ3n) is 3.49. The Balaban J connectivity index is 2.11. The molecule has 2 aromatic heterocycles. The number of nitrogens with one attached hydrogen (secondary N) is 2. The standard InChI is InChI=1S/C12H17N7O/c1-2-8-12(20)15-4-6-19(8)11-10-14-3-5-18(10)7-9(16-11)17-13/h3,5,7-8,17H,2,4,6,13H2,1H3,(H,15,20). The first-order valence-electron chi connectivity index (χ1n) is 6.59. The second-order valence-electron chi connectivity index (χ2n) is 4.66. The van der Waals surface area contributed by atoms with Crippen molar-refractivity contribution in [3.05, 3.63) is 18.6 Å². The van der Waals surface area contributed by atoms with Gasteiger partial charge < -0.3 is 20.0 Å². The average Bonchev–Trinajstić information content (AvgIpc) is 2.94. The van der Waals surface area contributed by atoms with Crippen molar-refractivity contribution in [2.45, 2.75) is 19.4 Å². The Hall–Kier alpha value is -2.35. The van der Waals surface area contributed by atoms with Crippen LogP contribution < -0.4 is 21.5 Å². The number of carbonyl (C=O) groups is 1. The number of hydrazine groups is 1. The van der Waals surface area contributed by atoms with Crippen LogP contribution in [0.5, 0.6) is 0 Å². The lowest BCUT2D eigenvalue weighted by Gasteiger charge is -2.35. The van der Waals surface area contributed by atoms with Crippen LogP contribution in [0, 0.1) is 0 Å². The number of nitrogens with zero attached hydrogens (tertiary/aromatic N) is 4. The van der Waals surface area contributed by atoms with Crippen molar-refractivity contribution in [2.75, 3.05) is 23.4 Å². The van der Waals surface area contributed by atoms with E-state index in [4.69, 9.17) is 5.84 Å². The van der Waals surface area contributed by atoms with E-state index in [2.05, 4.69) is 20.7 Å². The quantitative estimate of drug-likeness (QED) is 0.526. The number of nitrogen functional groups attached to an aromatic ring is 1. The average molecular weight is 275 g/mol. The second kappa shape index (κ2) is 4.97. The number of piperazine rings is 1. The Morgan fingerprint density at radius 1 is 1.60 bits per heavy atom. The number of hydrogen-bond donors (Lipinski definition) is 3. The molecule has 0 saturated carbocycles. The van der Waals surface area contributed by atoms with E-state index in [1.165, 1.54) is 0 Å². The molecule has 0 bridgehead atoms. The van der Waals surface area contributed by atoms with Crippen LogP contribution in [0.25, 0.3) is 5.65 Å². The van der Waals surface area contributed by atoms with Crippen LogP contribution in [0.1, 0.15) is 13.3 Å². The van der Waals surface area contributed by atoms with Gasteiger partial charge in [0.05, 0.1) is 6.20 Å².